The summed E-state index contributed by atoms with van der Waals surface area (Å²) < 4.78 is 0. The fourth-order valence-electron chi connectivity index (χ4n) is 2.23. The molecular formula is C13H21N3O2. The summed E-state index contributed by atoms with van der Waals surface area (Å²) in [5.74, 6) is 0.0453. The maximum Gasteiger partial charge on any atom is 0.317 e. The van der Waals surface area contributed by atoms with Gasteiger partial charge in [0, 0.05) is 26.2 Å². The van der Waals surface area contributed by atoms with E-state index in [0.717, 1.165) is 0 Å². The van der Waals surface area contributed by atoms with Crippen LogP contribution in [0.3, 0.4) is 0 Å². The van der Waals surface area contributed by atoms with E-state index < -0.39 is 0 Å². The van der Waals surface area contributed by atoms with Gasteiger partial charge in [0.05, 0.1) is 6.04 Å². The molecule has 2 aliphatic heterocycles. The van der Waals surface area contributed by atoms with E-state index in [1.807, 2.05) is 15.9 Å². The Kier molecular flexibility index (Phi) is 3.32. The number of nitrogens with one attached hydrogen (secondary N) is 1. The normalized spacial score (nSPS) is 24.4. The van der Waals surface area contributed by atoms with Crippen LogP contribution in [-0.2, 0) is 4.79 Å². The zero-order valence-corrected chi connectivity index (χ0v) is 11.3. The van der Waals surface area contributed by atoms with E-state index in [-0.39, 0.29) is 23.4 Å². The molecule has 0 bridgehead atoms. The molecule has 3 amide bonds. The topological polar surface area (TPSA) is 52.7 Å². The lowest BCUT2D eigenvalue weighted by Crippen LogP contribution is -2.53. The van der Waals surface area contributed by atoms with Crippen molar-refractivity contribution in [2.24, 2.45) is 5.41 Å². The average molecular weight is 251 g/mol. The molecule has 0 aromatic rings. The van der Waals surface area contributed by atoms with Crippen LogP contribution in [0.5, 0.6) is 0 Å². The number of nitrogens with zero attached hydrogens (tertiary/aromatic N) is 2. The van der Waals surface area contributed by atoms with E-state index in [0.29, 0.717) is 26.2 Å². The highest BCUT2D eigenvalue weighted by atomic mass is 16.2. The fourth-order valence-corrected chi connectivity index (χ4v) is 2.23. The van der Waals surface area contributed by atoms with Crippen LogP contribution in [0.4, 0.5) is 4.79 Å². The molecule has 5 nitrogen and oxygen atoms in total. The molecule has 0 radical (unpaired) electrons. The molecule has 100 valence electrons. The second kappa shape index (κ2) is 4.63. The third-order valence-corrected chi connectivity index (χ3v) is 3.27. The molecule has 0 unspecified atom stereocenters. The van der Waals surface area contributed by atoms with Gasteiger partial charge in [-0.1, -0.05) is 26.8 Å². The van der Waals surface area contributed by atoms with Crippen molar-refractivity contribution in [1.29, 1.82) is 0 Å². The molecule has 0 aromatic carbocycles. The highest BCUT2D eigenvalue weighted by Gasteiger charge is 2.36. The number of hydrogen-bond acceptors (Lipinski definition) is 2. The molecule has 2 heterocycles. The first-order valence-corrected chi connectivity index (χ1v) is 6.39. The summed E-state index contributed by atoms with van der Waals surface area (Å²) in [7, 11) is 0. The van der Waals surface area contributed by atoms with Crippen molar-refractivity contribution in [3.63, 3.8) is 0 Å². The number of fused-ring (bicyclic) bond motifs is 1. The largest absolute Gasteiger partial charge is 0.336 e. The zero-order valence-electron chi connectivity index (χ0n) is 11.3. The van der Waals surface area contributed by atoms with Crippen LogP contribution in [0.25, 0.3) is 0 Å². The molecule has 18 heavy (non-hydrogen) atoms. The van der Waals surface area contributed by atoms with Crippen LogP contribution in [-0.4, -0.2) is 54.0 Å². The standard InChI is InChI=1S/C13H21N3O2/c1-13(2,3)5-4-11(17)15-6-7-16-10(9-15)8-14-12(16)18/h4-5,10H,6-9H2,1-3H3,(H,14,18)/b5-4+/t10-/m0/s1. The fraction of sp³-hybridized carbons (Fsp3) is 0.692. The van der Waals surface area contributed by atoms with E-state index >= 15 is 0 Å². The van der Waals surface area contributed by atoms with Crippen molar-refractivity contribution in [3.8, 4) is 0 Å². The number of carbonyl (C=O) groups is 2. The lowest BCUT2D eigenvalue weighted by molar-refractivity contribution is -0.128. The molecule has 1 N–H and O–H groups in total. The van der Waals surface area contributed by atoms with Crippen molar-refractivity contribution in [1.82, 2.24) is 15.1 Å². The number of piperazine rings is 1. The van der Waals surface area contributed by atoms with Gasteiger partial charge < -0.3 is 15.1 Å². The van der Waals surface area contributed by atoms with E-state index in [2.05, 4.69) is 26.1 Å². The molecule has 0 aliphatic carbocycles. The second-order valence-corrected chi connectivity index (χ2v) is 6.02. The maximum atomic E-state index is 12.0. The Balaban J connectivity index is 1.94. The van der Waals surface area contributed by atoms with Gasteiger partial charge in [0.2, 0.25) is 5.91 Å². The van der Waals surface area contributed by atoms with Crippen LogP contribution in [0.15, 0.2) is 12.2 Å². The van der Waals surface area contributed by atoms with Gasteiger partial charge >= 0.3 is 6.03 Å². The smallest absolute Gasteiger partial charge is 0.317 e. The van der Waals surface area contributed by atoms with Crippen molar-refractivity contribution in [2.45, 2.75) is 26.8 Å². The third kappa shape index (κ3) is 2.83. The minimum Gasteiger partial charge on any atom is -0.336 e. The van der Waals surface area contributed by atoms with Crippen molar-refractivity contribution >= 4 is 11.9 Å². The van der Waals surface area contributed by atoms with Gasteiger partial charge in [-0.15, -0.1) is 0 Å². The molecular weight excluding hydrogens is 230 g/mol. The summed E-state index contributed by atoms with van der Waals surface area (Å²) in [6.07, 6.45) is 3.58. The minimum absolute atomic E-state index is 0.00247. The quantitative estimate of drug-likeness (QED) is 0.702. The first-order chi connectivity index (χ1) is 8.37. The van der Waals surface area contributed by atoms with Crippen LogP contribution < -0.4 is 5.32 Å². The Morgan fingerprint density at radius 3 is 2.78 bits per heavy atom. The van der Waals surface area contributed by atoms with E-state index in [1.54, 1.807) is 6.08 Å². The summed E-state index contributed by atoms with van der Waals surface area (Å²) in [6.45, 7) is 8.72. The summed E-state index contributed by atoms with van der Waals surface area (Å²) in [4.78, 5) is 27.1. The Morgan fingerprint density at radius 2 is 2.11 bits per heavy atom. The Bertz CT molecular complexity index is 384. The second-order valence-electron chi connectivity index (χ2n) is 6.02. The highest BCUT2D eigenvalue weighted by Crippen LogP contribution is 2.17. The van der Waals surface area contributed by atoms with E-state index in [9.17, 15) is 9.59 Å². The average Bonchev–Trinajstić information content (AvgIpc) is 2.66. The Labute approximate surface area is 108 Å². The van der Waals surface area contributed by atoms with Crippen LogP contribution >= 0.6 is 0 Å². The predicted octanol–water partition coefficient (Wildman–Crippen LogP) is 0.825. The monoisotopic (exact) mass is 251 g/mol. The van der Waals surface area contributed by atoms with Crippen LogP contribution in [0, 0.1) is 5.41 Å². The van der Waals surface area contributed by atoms with Crippen LogP contribution in [0.2, 0.25) is 0 Å². The SMILES string of the molecule is CC(C)(C)/C=C/C(=O)N1CCN2C(=O)NC[C@H]2C1. The van der Waals surface area contributed by atoms with Gasteiger partial charge in [-0.3, -0.25) is 4.79 Å². The van der Waals surface area contributed by atoms with E-state index in [1.165, 1.54) is 0 Å². The predicted molar refractivity (Wildman–Crippen MR) is 69.1 cm³/mol. The number of allylic oxidation sites excluding steroid dienone is 1. The van der Waals surface area contributed by atoms with Crippen molar-refractivity contribution < 1.29 is 9.59 Å². The molecule has 2 fully saturated rings. The number of carbonyl (C=O) groups excluding carboxylic acids is 2. The Hall–Kier alpha value is -1.52. The first kappa shape index (κ1) is 12.9. The number of urea groups is 1. The molecule has 0 saturated carbocycles. The van der Waals surface area contributed by atoms with Gasteiger partial charge in [-0.25, -0.2) is 4.79 Å². The molecule has 2 rings (SSSR count). The summed E-state index contributed by atoms with van der Waals surface area (Å²) >= 11 is 0. The van der Waals surface area contributed by atoms with Gasteiger partial charge in [0.15, 0.2) is 0 Å². The summed E-state index contributed by atoms with van der Waals surface area (Å²) in [6, 6.07) is 0.135. The van der Waals surface area contributed by atoms with Gasteiger partial charge in [-0.05, 0) is 11.5 Å². The molecule has 0 aromatic heterocycles. The molecule has 5 heteroatoms. The van der Waals surface area contributed by atoms with Gasteiger partial charge in [0.1, 0.15) is 0 Å². The van der Waals surface area contributed by atoms with Crippen molar-refractivity contribution in [2.75, 3.05) is 26.2 Å². The lowest BCUT2D eigenvalue weighted by atomic mass is 9.96. The summed E-state index contributed by atoms with van der Waals surface area (Å²) in [5.41, 5.74) is 0.0162. The minimum atomic E-state index is -0.00247. The summed E-state index contributed by atoms with van der Waals surface area (Å²) in [5, 5.41) is 2.81. The third-order valence-electron chi connectivity index (χ3n) is 3.27. The van der Waals surface area contributed by atoms with Crippen LogP contribution in [0.1, 0.15) is 20.8 Å². The molecule has 2 aliphatic rings. The van der Waals surface area contributed by atoms with E-state index in [4.69, 9.17) is 0 Å². The lowest BCUT2D eigenvalue weighted by Gasteiger charge is -2.36. The molecule has 2 saturated heterocycles. The number of hydrogen-bond donors (Lipinski definition) is 1. The van der Waals surface area contributed by atoms with Gasteiger partial charge in [0.25, 0.3) is 0 Å². The maximum absolute atomic E-state index is 12.0. The molecule has 0 spiro atoms. The number of rotatable bonds is 1. The first-order valence-electron chi connectivity index (χ1n) is 6.39. The zero-order chi connectivity index (χ0) is 13.3. The Morgan fingerprint density at radius 1 is 1.39 bits per heavy atom. The highest BCUT2D eigenvalue weighted by molar-refractivity contribution is 5.88. The molecule has 1 atom stereocenters. The van der Waals surface area contributed by atoms with Crippen molar-refractivity contribution in [3.05, 3.63) is 12.2 Å². The van der Waals surface area contributed by atoms with Gasteiger partial charge in [-0.2, -0.15) is 0 Å². The number of amides is 3.